The van der Waals surface area contributed by atoms with Crippen molar-refractivity contribution in [2.45, 2.75) is 0 Å². The largest absolute Gasteiger partial charge is 0.287 e. The number of carbonyl (C=O) groups is 1. The zero-order chi connectivity index (χ0) is 10.1. The quantitative estimate of drug-likeness (QED) is 0.709. The maximum atomic E-state index is 13.1. The van der Waals surface area contributed by atoms with Gasteiger partial charge < -0.3 is 0 Å². The Morgan fingerprint density at radius 3 is 2.93 bits per heavy atom. The molecule has 0 spiro atoms. The Balaban J connectivity index is 2.38. The Hall–Kier alpha value is -1.49. The van der Waals surface area contributed by atoms with Gasteiger partial charge in [0.05, 0.1) is 11.8 Å². The highest BCUT2D eigenvalue weighted by Gasteiger charge is 2.16. The minimum Gasteiger partial charge on any atom is -0.287 e. The highest BCUT2D eigenvalue weighted by atomic mass is 32.1. The zero-order valence-corrected chi connectivity index (χ0v) is 8.21. The smallest absolute Gasteiger partial charge is 0.209 e. The van der Waals surface area contributed by atoms with E-state index < -0.39 is 5.82 Å². The molecule has 2 rings (SSSR count). The molecule has 0 atom stereocenters. The van der Waals surface area contributed by atoms with Crippen LogP contribution in [0.25, 0.3) is 0 Å². The first-order valence-corrected chi connectivity index (χ1v) is 4.83. The molecule has 0 aliphatic heterocycles. The van der Waals surface area contributed by atoms with Crippen LogP contribution in [-0.4, -0.2) is 15.6 Å². The van der Waals surface area contributed by atoms with Crippen LogP contribution < -0.4 is 0 Å². The van der Waals surface area contributed by atoms with E-state index in [0.717, 1.165) is 11.3 Å². The molecule has 0 aromatic carbocycles. The van der Waals surface area contributed by atoms with Crippen LogP contribution in [0, 0.1) is 5.82 Å². The molecule has 14 heavy (non-hydrogen) atoms. The summed E-state index contributed by atoms with van der Waals surface area (Å²) in [4.78, 5) is 11.8. The molecule has 2 aromatic rings. The van der Waals surface area contributed by atoms with E-state index in [-0.39, 0.29) is 10.7 Å². The van der Waals surface area contributed by atoms with E-state index in [9.17, 15) is 9.18 Å². The zero-order valence-electron chi connectivity index (χ0n) is 7.40. The molecule has 5 heteroatoms. The molecular weight excluding hydrogens is 203 g/mol. The third-order valence-electron chi connectivity index (χ3n) is 1.79. The van der Waals surface area contributed by atoms with Crippen molar-refractivity contribution in [1.29, 1.82) is 0 Å². The summed E-state index contributed by atoms with van der Waals surface area (Å²) in [5.74, 6) is -0.783. The third kappa shape index (κ3) is 1.46. The molecule has 2 heterocycles. The summed E-state index contributed by atoms with van der Waals surface area (Å²) >= 11 is 1.10. The molecule has 0 fully saturated rings. The van der Waals surface area contributed by atoms with Gasteiger partial charge in [0.1, 0.15) is 10.7 Å². The van der Waals surface area contributed by atoms with Gasteiger partial charge in [-0.15, -0.1) is 11.3 Å². The summed E-state index contributed by atoms with van der Waals surface area (Å²) < 4.78 is 14.6. The first-order valence-electron chi connectivity index (χ1n) is 3.95. The topological polar surface area (TPSA) is 34.9 Å². The molecule has 0 aliphatic carbocycles. The highest BCUT2D eigenvalue weighted by Crippen LogP contribution is 2.18. The van der Waals surface area contributed by atoms with Crippen LogP contribution in [0.4, 0.5) is 4.39 Å². The van der Waals surface area contributed by atoms with Crippen LogP contribution in [-0.2, 0) is 7.05 Å². The van der Waals surface area contributed by atoms with Gasteiger partial charge in [0.25, 0.3) is 0 Å². The SMILES string of the molecule is Cn1cc(C(=O)c2sccc2F)cn1. The van der Waals surface area contributed by atoms with Crippen LogP contribution in [0.5, 0.6) is 0 Å². The molecule has 0 saturated carbocycles. The van der Waals surface area contributed by atoms with Gasteiger partial charge in [0, 0.05) is 13.2 Å². The molecule has 0 aliphatic rings. The molecule has 72 valence electrons. The van der Waals surface area contributed by atoms with E-state index in [1.165, 1.54) is 16.9 Å². The Labute approximate surface area is 83.8 Å². The number of hydrogen-bond acceptors (Lipinski definition) is 3. The number of aryl methyl sites for hydroxylation is 1. The van der Waals surface area contributed by atoms with E-state index in [2.05, 4.69) is 5.10 Å². The van der Waals surface area contributed by atoms with Gasteiger partial charge in [-0.1, -0.05) is 0 Å². The summed E-state index contributed by atoms with van der Waals surface area (Å²) in [6, 6.07) is 1.29. The summed E-state index contributed by atoms with van der Waals surface area (Å²) in [5.41, 5.74) is 0.411. The standard InChI is InChI=1S/C9H7FN2OS/c1-12-5-6(4-11-12)8(13)9-7(10)2-3-14-9/h2-5H,1H3. The lowest BCUT2D eigenvalue weighted by Gasteiger charge is -1.92. The number of aromatic nitrogens is 2. The molecule has 0 bridgehead atoms. The van der Waals surface area contributed by atoms with Crippen LogP contribution in [0.2, 0.25) is 0 Å². The van der Waals surface area contributed by atoms with Crippen molar-refractivity contribution in [1.82, 2.24) is 9.78 Å². The van der Waals surface area contributed by atoms with E-state index in [4.69, 9.17) is 0 Å². The second-order valence-corrected chi connectivity index (χ2v) is 3.75. The van der Waals surface area contributed by atoms with Gasteiger partial charge in [0.15, 0.2) is 0 Å². The molecule has 0 saturated heterocycles. The van der Waals surface area contributed by atoms with E-state index >= 15 is 0 Å². The molecule has 3 nitrogen and oxygen atoms in total. The second kappa shape index (κ2) is 3.34. The van der Waals surface area contributed by atoms with E-state index in [1.807, 2.05) is 0 Å². The third-order valence-corrected chi connectivity index (χ3v) is 2.68. The van der Waals surface area contributed by atoms with Crippen molar-refractivity contribution in [2.75, 3.05) is 0 Å². The van der Waals surface area contributed by atoms with Crippen molar-refractivity contribution in [2.24, 2.45) is 7.05 Å². The lowest BCUT2D eigenvalue weighted by Crippen LogP contribution is -1.99. The van der Waals surface area contributed by atoms with Crippen molar-refractivity contribution in [3.8, 4) is 0 Å². The summed E-state index contributed by atoms with van der Waals surface area (Å²) in [6.45, 7) is 0. The molecule has 0 unspecified atom stereocenters. The first-order chi connectivity index (χ1) is 6.68. The van der Waals surface area contributed by atoms with E-state index in [0.29, 0.717) is 5.56 Å². The number of rotatable bonds is 2. The predicted molar refractivity (Wildman–Crippen MR) is 50.9 cm³/mol. The average Bonchev–Trinajstić information content (AvgIpc) is 2.73. The van der Waals surface area contributed by atoms with Gasteiger partial charge in [0.2, 0.25) is 5.78 Å². The number of nitrogens with zero attached hydrogens (tertiary/aromatic N) is 2. The Morgan fingerprint density at radius 2 is 2.43 bits per heavy atom. The van der Waals surface area contributed by atoms with Crippen molar-refractivity contribution < 1.29 is 9.18 Å². The maximum absolute atomic E-state index is 13.1. The van der Waals surface area contributed by atoms with E-state index in [1.54, 1.807) is 18.6 Å². The molecule has 0 amide bonds. The maximum Gasteiger partial charge on any atom is 0.209 e. The fraction of sp³-hybridized carbons (Fsp3) is 0.111. The van der Waals surface area contributed by atoms with Crippen LogP contribution >= 0.6 is 11.3 Å². The summed E-state index contributed by atoms with van der Waals surface area (Å²) in [5, 5.41) is 5.41. The average molecular weight is 210 g/mol. The van der Waals surface area contributed by atoms with Gasteiger partial charge >= 0.3 is 0 Å². The normalized spacial score (nSPS) is 10.4. The Morgan fingerprint density at radius 1 is 1.64 bits per heavy atom. The highest BCUT2D eigenvalue weighted by molar-refractivity contribution is 7.12. The second-order valence-electron chi connectivity index (χ2n) is 2.83. The number of carbonyl (C=O) groups excluding carboxylic acids is 1. The number of ketones is 1. The Bertz CT molecular complexity index is 475. The molecule has 0 N–H and O–H groups in total. The molecule has 2 aromatic heterocycles. The van der Waals surface area contributed by atoms with Gasteiger partial charge in [-0.05, 0) is 11.4 Å². The van der Waals surface area contributed by atoms with Crippen LogP contribution in [0.15, 0.2) is 23.8 Å². The Kier molecular flexibility index (Phi) is 2.17. The van der Waals surface area contributed by atoms with Gasteiger partial charge in [-0.25, -0.2) is 4.39 Å². The lowest BCUT2D eigenvalue weighted by atomic mass is 10.2. The summed E-state index contributed by atoms with van der Waals surface area (Å²) in [6.07, 6.45) is 3.00. The first kappa shape index (κ1) is 9.08. The van der Waals surface area contributed by atoms with Crippen LogP contribution in [0.3, 0.4) is 0 Å². The van der Waals surface area contributed by atoms with Gasteiger partial charge in [-0.3, -0.25) is 9.48 Å². The fourth-order valence-corrected chi connectivity index (χ4v) is 1.85. The minimum atomic E-state index is -0.469. The number of hydrogen-bond donors (Lipinski definition) is 0. The lowest BCUT2D eigenvalue weighted by molar-refractivity contribution is 0.103. The van der Waals surface area contributed by atoms with Crippen molar-refractivity contribution in [3.63, 3.8) is 0 Å². The van der Waals surface area contributed by atoms with Crippen LogP contribution in [0.1, 0.15) is 15.2 Å². The monoisotopic (exact) mass is 210 g/mol. The van der Waals surface area contributed by atoms with Gasteiger partial charge in [-0.2, -0.15) is 5.10 Å². The number of halogens is 1. The molecular formula is C9H7FN2OS. The predicted octanol–water partition coefficient (Wildman–Crippen LogP) is 1.85. The molecule has 0 radical (unpaired) electrons. The van der Waals surface area contributed by atoms with Crippen molar-refractivity contribution >= 4 is 17.1 Å². The summed E-state index contributed by atoms with van der Waals surface area (Å²) in [7, 11) is 1.71. The fourth-order valence-electron chi connectivity index (χ4n) is 1.13. The van der Waals surface area contributed by atoms with Crippen molar-refractivity contribution in [3.05, 3.63) is 40.1 Å². The minimum absolute atomic E-state index is 0.137. The number of thiophene rings is 1.